The molecule has 0 spiro atoms. The third-order valence-electron chi connectivity index (χ3n) is 3.13. The highest BCUT2D eigenvalue weighted by Crippen LogP contribution is 2.26. The molecule has 0 aromatic heterocycles. The van der Waals surface area contributed by atoms with Gasteiger partial charge in [0, 0.05) is 18.3 Å². The standard InChI is InChI=1S/C17H22N2O2/c1-3-10-21-17-11-14(6-9-16(17)18)19-12-13-4-7-15(20-2)8-5-13/h4-9,11,19H,3,10,12,18H2,1-2H3. The third kappa shape index (κ3) is 4.31. The third-order valence-corrected chi connectivity index (χ3v) is 3.13. The second kappa shape index (κ2) is 7.43. The van der Waals surface area contributed by atoms with Crippen LogP contribution in [0.25, 0.3) is 0 Å². The van der Waals surface area contributed by atoms with Crippen molar-refractivity contribution in [2.75, 3.05) is 24.8 Å². The normalized spacial score (nSPS) is 10.2. The van der Waals surface area contributed by atoms with E-state index in [1.54, 1.807) is 7.11 Å². The fourth-order valence-corrected chi connectivity index (χ4v) is 1.93. The fourth-order valence-electron chi connectivity index (χ4n) is 1.93. The van der Waals surface area contributed by atoms with Gasteiger partial charge in [-0.05, 0) is 36.2 Å². The van der Waals surface area contributed by atoms with Crippen molar-refractivity contribution in [2.24, 2.45) is 0 Å². The molecule has 0 atom stereocenters. The number of hydrogen-bond donors (Lipinski definition) is 2. The molecule has 3 N–H and O–H groups in total. The van der Waals surface area contributed by atoms with Crippen LogP contribution in [0, 0.1) is 0 Å². The van der Waals surface area contributed by atoms with Gasteiger partial charge in [0.25, 0.3) is 0 Å². The first-order valence-corrected chi connectivity index (χ1v) is 7.12. The molecule has 4 heteroatoms. The van der Waals surface area contributed by atoms with Crippen LogP contribution >= 0.6 is 0 Å². The first-order chi connectivity index (χ1) is 10.2. The molecule has 0 aliphatic heterocycles. The molecular formula is C17H22N2O2. The lowest BCUT2D eigenvalue weighted by Gasteiger charge is -2.12. The summed E-state index contributed by atoms with van der Waals surface area (Å²) < 4.78 is 10.8. The molecule has 4 nitrogen and oxygen atoms in total. The summed E-state index contributed by atoms with van der Waals surface area (Å²) in [6, 6.07) is 13.7. The SMILES string of the molecule is CCCOc1cc(NCc2ccc(OC)cc2)ccc1N. The Labute approximate surface area is 125 Å². The van der Waals surface area contributed by atoms with Crippen LogP contribution in [0.15, 0.2) is 42.5 Å². The number of nitrogens with two attached hydrogens (primary N) is 1. The minimum Gasteiger partial charge on any atom is -0.497 e. The van der Waals surface area contributed by atoms with Crippen LogP contribution in [0.4, 0.5) is 11.4 Å². The van der Waals surface area contributed by atoms with E-state index in [1.807, 2.05) is 42.5 Å². The molecule has 0 fully saturated rings. The zero-order chi connectivity index (χ0) is 15.1. The number of rotatable bonds is 7. The van der Waals surface area contributed by atoms with Gasteiger partial charge in [0.05, 0.1) is 19.4 Å². The zero-order valence-corrected chi connectivity index (χ0v) is 12.6. The summed E-state index contributed by atoms with van der Waals surface area (Å²) in [5, 5.41) is 3.37. The van der Waals surface area contributed by atoms with Gasteiger partial charge in [-0.1, -0.05) is 19.1 Å². The van der Waals surface area contributed by atoms with Crippen LogP contribution < -0.4 is 20.5 Å². The smallest absolute Gasteiger partial charge is 0.144 e. The van der Waals surface area contributed by atoms with Gasteiger partial charge in [0.15, 0.2) is 0 Å². The van der Waals surface area contributed by atoms with Crippen LogP contribution in [-0.2, 0) is 6.54 Å². The van der Waals surface area contributed by atoms with Crippen molar-refractivity contribution in [1.29, 1.82) is 0 Å². The second-order valence-corrected chi connectivity index (χ2v) is 4.80. The lowest BCUT2D eigenvalue weighted by Crippen LogP contribution is -2.02. The highest BCUT2D eigenvalue weighted by Gasteiger charge is 2.02. The Hall–Kier alpha value is -2.36. The molecule has 0 bridgehead atoms. The van der Waals surface area contributed by atoms with Crippen LogP contribution in [-0.4, -0.2) is 13.7 Å². The van der Waals surface area contributed by atoms with Gasteiger partial charge in [0.1, 0.15) is 11.5 Å². The fraction of sp³-hybridized carbons (Fsp3) is 0.294. The molecular weight excluding hydrogens is 264 g/mol. The maximum Gasteiger partial charge on any atom is 0.144 e. The van der Waals surface area contributed by atoms with E-state index in [9.17, 15) is 0 Å². The van der Waals surface area contributed by atoms with Gasteiger partial charge in [0.2, 0.25) is 0 Å². The average molecular weight is 286 g/mol. The van der Waals surface area contributed by atoms with E-state index < -0.39 is 0 Å². The molecule has 0 saturated carbocycles. The monoisotopic (exact) mass is 286 g/mol. The zero-order valence-electron chi connectivity index (χ0n) is 12.6. The van der Waals surface area contributed by atoms with Gasteiger partial charge < -0.3 is 20.5 Å². The molecule has 2 aromatic carbocycles. The summed E-state index contributed by atoms with van der Waals surface area (Å²) in [5.41, 5.74) is 8.74. The molecule has 2 rings (SSSR count). The van der Waals surface area contributed by atoms with Gasteiger partial charge in [-0.25, -0.2) is 0 Å². The number of anilines is 2. The molecule has 0 radical (unpaired) electrons. The van der Waals surface area contributed by atoms with Gasteiger partial charge in [-0.2, -0.15) is 0 Å². The van der Waals surface area contributed by atoms with Crippen LogP contribution in [0.5, 0.6) is 11.5 Å². The summed E-state index contributed by atoms with van der Waals surface area (Å²) in [6.07, 6.45) is 0.961. The Morgan fingerprint density at radius 3 is 2.52 bits per heavy atom. The molecule has 21 heavy (non-hydrogen) atoms. The van der Waals surface area contributed by atoms with Crippen molar-refractivity contribution in [2.45, 2.75) is 19.9 Å². The largest absolute Gasteiger partial charge is 0.497 e. The molecule has 0 aliphatic carbocycles. The van der Waals surface area contributed by atoms with E-state index in [2.05, 4.69) is 12.2 Å². The quantitative estimate of drug-likeness (QED) is 0.762. The summed E-state index contributed by atoms with van der Waals surface area (Å²) >= 11 is 0. The number of nitrogen functional groups attached to an aromatic ring is 1. The Morgan fingerprint density at radius 1 is 1.10 bits per heavy atom. The van der Waals surface area contributed by atoms with Crippen LogP contribution in [0.3, 0.4) is 0 Å². The Bertz CT molecular complexity index is 568. The number of methoxy groups -OCH3 is 1. The number of benzene rings is 2. The minimum atomic E-state index is 0.665. The number of nitrogens with one attached hydrogen (secondary N) is 1. The highest BCUT2D eigenvalue weighted by atomic mass is 16.5. The van der Waals surface area contributed by atoms with Crippen molar-refractivity contribution >= 4 is 11.4 Å². The number of hydrogen-bond acceptors (Lipinski definition) is 4. The first kappa shape index (κ1) is 15.0. The maximum absolute atomic E-state index is 5.90. The summed E-state index contributed by atoms with van der Waals surface area (Å²) in [5.74, 6) is 1.60. The molecule has 0 aliphatic rings. The van der Waals surface area contributed by atoms with E-state index in [0.29, 0.717) is 12.3 Å². The molecule has 112 valence electrons. The van der Waals surface area contributed by atoms with E-state index >= 15 is 0 Å². The molecule has 0 heterocycles. The Balaban J connectivity index is 1.98. The van der Waals surface area contributed by atoms with Crippen molar-refractivity contribution in [1.82, 2.24) is 0 Å². The lowest BCUT2D eigenvalue weighted by molar-refractivity contribution is 0.319. The van der Waals surface area contributed by atoms with Crippen molar-refractivity contribution in [3.63, 3.8) is 0 Å². The van der Waals surface area contributed by atoms with E-state index in [4.69, 9.17) is 15.2 Å². The minimum absolute atomic E-state index is 0.665. The summed E-state index contributed by atoms with van der Waals surface area (Å²) in [4.78, 5) is 0. The number of ether oxygens (including phenoxy) is 2. The van der Waals surface area contributed by atoms with Gasteiger partial charge in [-0.15, -0.1) is 0 Å². The predicted molar refractivity (Wildman–Crippen MR) is 87.0 cm³/mol. The van der Waals surface area contributed by atoms with Crippen molar-refractivity contribution < 1.29 is 9.47 Å². The molecule has 0 saturated heterocycles. The second-order valence-electron chi connectivity index (χ2n) is 4.80. The molecule has 0 amide bonds. The Kier molecular flexibility index (Phi) is 5.32. The van der Waals surface area contributed by atoms with E-state index in [-0.39, 0.29) is 0 Å². The molecule has 2 aromatic rings. The topological polar surface area (TPSA) is 56.5 Å². The van der Waals surface area contributed by atoms with Crippen molar-refractivity contribution in [3.05, 3.63) is 48.0 Å². The van der Waals surface area contributed by atoms with Gasteiger partial charge in [-0.3, -0.25) is 0 Å². The van der Waals surface area contributed by atoms with Gasteiger partial charge >= 0.3 is 0 Å². The highest BCUT2D eigenvalue weighted by molar-refractivity contribution is 5.61. The summed E-state index contributed by atoms with van der Waals surface area (Å²) in [7, 11) is 1.67. The van der Waals surface area contributed by atoms with Crippen molar-refractivity contribution in [3.8, 4) is 11.5 Å². The molecule has 0 unspecified atom stereocenters. The summed E-state index contributed by atoms with van der Waals surface area (Å²) in [6.45, 7) is 3.48. The lowest BCUT2D eigenvalue weighted by atomic mass is 10.2. The van der Waals surface area contributed by atoms with E-state index in [1.165, 1.54) is 5.56 Å². The average Bonchev–Trinajstić information content (AvgIpc) is 2.53. The van der Waals surface area contributed by atoms with Crippen LogP contribution in [0.1, 0.15) is 18.9 Å². The van der Waals surface area contributed by atoms with Crippen LogP contribution in [0.2, 0.25) is 0 Å². The van der Waals surface area contributed by atoms with E-state index in [0.717, 1.165) is 30.2 Å². The predicted octanol–water partition coefficient (Wildman–Crippen LogP) is 3.68. The first-order valence-electron chi connectivity index (χ1n) is 7.12. The Morgan fingerprint density at radius 2 is 1.86 bits per heavy atom. The maximum atomic E-state index is 5.90.